The van der Waals surface area contributed by atoms with Crippen molar-refractivity contribution in [2.75, 3.05) is 11.9 Å². The molecule has 0 heterocycles. The van der Waals surface area contributed by atoms with Crippen molar-refractivity contribution < 1.29 is 18.7 Å². The van der Waals surface area contributed by atoms with Crippen molar-refractivity contribution in [3.8, 4) is 0 Å². The molecular weight excluding hydrogens is 357 g/mol. The second kappa shape index (κ2) is 8.95. The standard InChI is InChI=1S/C23H20FNO3/c1-16-11-12-19(14-21(16)24)25-22(26)15-28-23(27)20-10-6-5-9-18(20)13-17-7-3-2-4-8-17/h2-12,14H,13,15H2,1H3,(H,25,26). The van der Waals surface area contributed by atoms with Crippen molar-refractivity contribution in [3.05, 3.63) is 101 Å². The van der Waals surface area contributed by atoms with Gasteiger partial charge in [0, 0.05) is 5.69 Å². The van der Waals surface area contributed by atoms with E-state index < -0.39 is 24.3 Å². The molecule has 0 spiro atoms. The van der Waals surface area contributed by atoms with E-state index in [9.17, 15) is 14.0 Å². The topological polar surface area (TPSA) is 55.4 Å². The zero-order valence-electron chi connectivity index (χ0n) is 15.4. The first-order chi connectivity index (χ1) is 13.5. The van der Waals surface area contributed by atoms with Gasteiger partial charge in [-0.2, -0.15) is 0 Å². The second-order valence-electron chi connectivity index (χ2n) is 6.41. The minimum absolute atomic E-state index is 0.314. The molecule has 3 rings (SSSR count). The molecule has 0 aliphatic rings. The Morgan fingerprint density at radius 3 is 2.43 bits per heavy atom. The van der Waals surface area contributed by atoms with E-state index in [0.29, 0.717) is 23.2 Å². The Kier molecular flexibility index (Phi) is 6.17. The summed E-state index contributed by atoms with van der Waals surface area (Å²) in [7, 11) is 0. The summed E-state index contributed by atoms with van der Waals surface area (Å²) in [6.45, 7) is 1.18. The number of benzene rings is 3. The maximum Gasteiger partial charge on any atom is 0.338 e. The Balaban J connectivity index is 1.61. The summed E-state index contributed by atoms with van der Waals surface area (Å²) < 4.78 is 18.7. The van der Waals surface area contributed by atoms with E-state index in [1.165, 1.54) is 6.07 Å². The molecule has 142 valence electrons. The van der Waals surface area contributed by atoms with Crippen LogP contribution >= 0.6 is 0 Å². The number of halogens is 1. The van der Waals surface area contributed by atoms with Crippen LogP contribution in [0.2, 0.25) is 0 Å². The normalized spacial score (nSPS) is 10.4. The van der Waals surface area contributed by atoms with Crippen LogP contribution in [0.25, 0.3) is 0 Å². The Morgan fingerprint density at radius 2 is 1.68 bits per heavy atom. The van der Waals surface area contributed by atoms with Crippen molar-refractivity contribution in [1.29, 1.82) is 0 Å². The summed E-state index contributed by atoms with van der Waals surface area (Å²) in [5.41, 5.74) is 3.11. The Bertz CT molecular complexity index is 986. The number of carbonyl (C=O) groups is 2. The Morgan fingerprint density at radius 1 is 0.964 bits per heavy atom. The second-order valence-corrected chi connectivity index (χ2v) is 6.41. The molecule has 3 aromatic carbocycles. The van der Waals surface area contributed by atoms with E-state index in [-0.39, 0.29) is 0 Å². The first-order valence-corrected chi connectivity index (χ1v) is 8.88. The molecule has 0 fully saturated rings. The van der Waals surface area contributed by atoms with Gasteiger partial charge >= 0.3 is 5.97 Å². The van der Waals surface area contributed by atoms with Gasteiger partial charge in [0.2, 0.25) is 0 Å². The molecule has 0 saturated carbocycles. The highest BCUT2D eigenvalue weighted by Gasteiger charge is 2.15. The lowest BCUT2D eigenvalue weighted by Crippen LogP contribution is -2.21. The average molecular weight is 377 g/mol. The smallest absolute Gasteiger partial charge is 0.338 e. The number of anilines is 1. The van der Waals surface area contributed by atoms with Gasteiger partial charge in [0.25, 0.3) is 5.91 Å². The highest BCUT2D eigenvalue weighted by atomic mass is 19.1. The third kappa shape index (κ3) is 5.04. The fourth-order valence-electron chi connectivity index (χ4n) is 2.77. The van der Waals surface area contributed by atoms with E-state index in [2.05, 4.69) is 5.32 Å². The zero-order valence-corrected chi connectivity index (χ0v) is 15.4. The van der Waals surface area contributed by atoms with Crippen molar-refractivity contribution in [1.82, 2.24) is 0 Å². The van der Waals surface area contributed by atoms with Crippen molar-refractivity contribution >= 4 is 17.6 Å². The summed E-state index contributed by atoms with van der Waals surface area (Å²) in [5, 5.41) is 2.52. The predicted octanol–water partition coefficient (Wildman–Crippen LogP) is 4.52. The number of ether oxygens (including phenoxy) is 1. The highest BCUT2D eigenvalue weighted by Crippen LogP contribution is 2.16. The van der Waals surface area contributed by atoms with Crippen LogP contribution < -0.4 is 5.32 Å². The molecule has 0 unspecified atom stereocenters. The maximum atomic E-state index is 13.6. The molecule has 0 aliphatic heterocycles. The summed E-state index contributed by atoms with van der Waals surface area (Å²) in [6, 6.07) is 21.3. The van der Waals surface area contributed by atoms with E-state index >= 15 is 0 Å². The summed E-state index contributed by atoms with van der Waals surface area (Å²) >= 11 is 0. The van der Waals surface area contributed by atoms with Crippen LogP contribution in [-0.2, 0) is 16.0 Å². The van der Waals surface area contributed by atoms with Crippen molar-refractivity contribution in [2.45, 2.75) is 13.3 Å². The molecule has 1 amide bonds. The van der Waals surface area contributed by atoms with Gasteiger partial charge in [-0.05, 0) is 48.2 Å². The number of esters is 1. The van der Waals surface area contributed by atoms with Crippen LogP contribution in [-0.4, -0.2) is 18.5 Å². The van der Waals surface area contributed by atoms with Crippen LogP contribution in [0.3, 0.4) is 0 Å². The van der Waals surface area contributed by atoms with Crippen LogP contribution in [0.15, 0.2) is 72.8 Å². The molecule has 5 heteroatoms. The maximum absolute atomic E-state index is 13.6. The molecular formula is C23H20FNO3. The average Bonchev–Trinajstić information content (AvgIpc) is 2.70. The van der Waals surface area contributed by atoms with Gasteiger partial charge in [0.1, 0.15) is 5.82 Å². The predicted molar refractivity (Wildman–Crippen MR) is 106 cm³/mol. The van der Waals surface area contributed by atoms with Gasteiger partial charge in [0.15, 0.2) is 6.61 Å². The van der Waals surface area contributed by atoms with Gasteiger partial charge < -0.3 is 10.1 Å². The Labute approximate surface area is 163 Å². The van der Waals surface area contributed by atoms with E-state index in [4.69, 9.17) is 4.74 Å². The quantitative estimate of drug-likeness (QED) is 0.643. The fourth-order valence-corrected chi connectivity index (χ4v) is 2.77. The monoisotopic (exact) mass is 377 g/mol. The summed E-state index contributed by atoms with van der Waals surface area (Å²) in [4.78, 5) is 24.5. The number of rotatable bonds is 6. The number of carbonyl (C=O) groups excluding carboxylic acids is 2. The highest BCUT2D eigenvalue weighted by molar-refractivity contribution is 5.96. The summed E-state index contributed by atoms with van der Waals surface area (Å²) in [5.74, 6) is -1.52. The first kappa shape index (κ1) is 19.3. The van der Waals surface area contributed by atoms with Crippen molar-refractivity contribution in [3.63, 3.8) is 0 Å². The molecule has 0 aliphatic carbocycles. The Hall–Kier alpha value is -3.47. The fraction of sp³-hybridized carbons (Fsp3) is 0.130. The third-order valence-electron chi connectivity index (χ3n) is 4.26. The largest absolute Gasteiger partial charge is 0.452 e. The van der Waals surface area contributed by atoms with Gasteiger partial charge in [-0.25, -0.2) is 9.18 Å². The lowest BCUT2D eigenvalue weighted by atomic mass is 10.00. The first-order valence-electron chi connectivity index (χ1n) is 8.88. The lowest BCUT2D eigenvalue weighted by molar-refractivity contribution is -0.119. The van der Waals surface area contributed by atoms with Crippen LogP contribution in [0.4, 0.5) is 10.1 Å². The van der Waals surface area contributed by atoms with Crippen LogP contribution in [0.1, 0.15) is 27.0 Å². The minimum Gasteiger partial charge on any atom is -0.452 e. The summed E-state index contributed by atoms with van der Waals surface area (Å²) in [6.07, 6.45) is 0.584. The minimum atomic E-state index is -0.572. The SMILES string of the molecule is Cc1ccc(NC(=O)COC(=O)c2ccccc2Cc2ccccc2)cc1F. The van der Waals surface area contributed by atoms with Crippen LogP contribution in [0.5, 0.6) is 0 Å². The van der Waals surface area contributed by atoms with E-state index in [1.54, 1.807) is 31.2 Å². The molecule has 0 atom stereocenters. The van der Waals surface area contributed by atoms with Gasteiger partial charge in [-0.3, -0.25) is 4.79 Å². The van der Waals surface area contributed by atoms with Gasteiger partial charge in [0.05, 0.1) is 5.56 Å². The number of aryl methyl sites for hydroxylation is 1. The molecule has 0 bridgehead atoms. The molecule has 0 aromatic heterocycles. The number of nitrogens with one attached hydrogen (secondary N) is 1. The van der Waals surface area contributed by atoms with Crippen molar-refractivity contribution in [2.24, 2.45) is 0 Å². The van der Waals surface area contributed by atoms with E-state index in [0.717, 1.165) is 11.1 Å². The molecule has 28 heavy (non-hydrogen) atoms. The molecule has 4 nitrogen and oxygen atoms in total. The molecule has 3 aromatic rings. The molecule has 0 radical (unpaired) electrons. The third-order valence-corrected chi connectivity index (χ3v) is 4.26. The number of amides is 1. The van der Waals surface area contributed by atoms with Gasteiger partial charge in [-0.1, -0.05) is 54.6 Å². The van der Waals surface area contributed by atoms with Gasteiger partial charge in [-0.15, -0.1) is 0 Å². The zero-order chi connectivity index (χ0) is 19.9. The van der Waals surface area contributed by atoms with E-state index in [1.807, 2.05) is 42.5 Å². The number of hydrogen-bond donors (Lipinski definition) is 1. The molecule has 0 saturated heterocycles. The van der Waals surface area contributed by atoms with Crippen LogP contribution in [0, 0.1) is 12.7 Å². The number of hydrogen-bond acceptors (Lipinski definition) is 3. The lowest BCUT2D eigenvalue weighted by Gasteiger charge is -2.10. The molecule has 1 N–H and O–H groups in total.